The Bertz CT molecular complexity index is 1030. The third-order valence-corrected chi connectivity index (χ3v) is 5.73. The smallest absolute Gasteiger partial charge is 0.475 e. The van der Waals surface area contributed by atoms with Crippen LogP contribution in [0.1, 0.15) is 55.5 Å². The highest BCUT2D eigenvalue weighted by molar-refractivity contribution is 5.94. The van der Waals surface area contributed by atoms with Crippen molar-refractivity contribution in [3.63, 3.8) is 0 Å². The van der Waals surface area contributed by atoms with Gasteiger partial charge in [0.25, 0.3) is 0 Å². The molecule has 186 valence electrons. The number of aliphatic carboxylic acids is 1. The van der Waals surface area contributed by atoms with Crippen LogP contribution in [0.4, 0.5) is 22.0 Å². The summed E-state index contributed by atoms with van der Waals surface area (Å²) in [6.07, 6.45) is -0.528. The topological polar surface area (TPSA) is 92.4 Å². The van der Waals surface area contributed by atoms with Crippen molar-refractivity contribution in [1.29, 1.82) is 0 Å². The number of carbonyl (C=O) groups excluding carboxylic acids is 1. The Morgan fingerprint density at radius 1 is 1.06 bits per heavy atom. The minimum atomic E-state index is -5.08. The first-order valence-electron chi connectivity index (χ1n) is 10.6. The van der Waals surface area contributed by atoms with Crippen LogP contribution >= 0.6 is 0 Å². The van der Waals surface area contributed by atoms with Crippen LogP contribution < -0.4 is 11.1 Å². The van der Waals surface area contributed by atoms with Crippen LogP contribution in [0.2, 0.25) is 0 Å². The molecular weight excluding hydrogens is 459 g/mol. The summed E-state index contributed by atoms with van der Waals surface area (Å²) in [6.45, 7) is 5.04. The fourth-order valence-corrected chi connectivity index (χ4v) is 3.63. The second-order valence-electron chi connectivity index (χ2n) is 9.02. The number of amides is 1. The number of carboxylic acid groups (broad SMARTS) is 1. The number of primary amides is 1. The number of carbonyl (C=O) groups is 2. The minimum absolute atomic E-state index is 0.0661. The molecule has 0 bridgehead atoms. The van der Waals surface area contributed by atoms with Crippen molar-refractivity contribution in [3.8, 4) is 11.1 Å². The first-order valence-corrected chi connectivity index (χ1v) is 10.6. The predicted octanol–water partition coefficient (Wildman–Crippen LogP) is 5.42. The molecule has 3 rings (SSSR count). The van der Waals surface area contributed by atoms with E-state index in [0.717, 1.165) is 18.9 Å². The van der Waals surface area contributed by atoms with Gasteiger partial charge in [-0.15, -0.1) is 0 Å². The van der Waals surface area contributed by atoms with Gasteiger partial charge in [-0.05, 0) is 66.5 Å². The number of nitrogens with one attached hydrogen (secondary N) is 1. The van der Waals surface area contributed by atoms with Gasteiger partial charge in [-0.25, -0.2) is 13.6 Å². The molecule has 0 aliphatic heterocycles. The maximum atomic E-state index is 14.5. The van der Waals surface area contributed by atoms with Gasteiger partial charge in [0.15, 0.2) is 0 Å². The minimum Gasteiger partial charge on any atom is -0.475 e. The fraction of sp³-hybridized carbons (Fsp3) is 0.417. The first-order chi connectivity index (χ1) is 15.7. The highest BCUT2D eigenvalue weighted by Gasteiger charge is 2.38. The number of benzene rings is 2. The Kier molecular flexibility index (Phi) is 8.77. The van der Waals surface area contributed by atoms with E-state index in [9.17, 15) is 26.7 Å². The number of rotatable bonds is 5. The lowest BCUT2D eigenvalue weighted by Crippen LogP contribution is -2.35. The van der Waals surface area contributed by atoms with Crippen molar-refractivity contribution in [1.82, 2.24) is 5.32 Å². The molecule has 5 nitrogen and oxygen atoms in total. The Labute approximate surface area is 194 Å². The maximum absolute atomic E-state index is 14.5. The number of nitrogens with two attached hydrogens (primary N) is 1. The van der Waals surface area contributed by atoms with Crippen LogP contribution in [0.5, 0.6) is 0 Å². The standard InChI is InChI=1S/C22H26F2N2O.C2HF3O2/c1-22(2)7-5-19(6-8-22)26-13-15-4-3-14(12-20(15)24)16-9-17(21(25)27)11-18(23)10-16;3-2(4,5)1(6)7/h3-4,9-12,19,26H,5-8,13H2,1-2H3,(H2,25,27);(H,6,7). The number of carboxylic acids is 1. The molecule has 10 heteroatoms. The van der Waals surface area contributed by atoms with Crippen molar-refractivity contribution < 1.29 is 36.6 Å². The van der Waals surface area contributed by atoms with E-state index in [1.165, 1.54) is 31.0 Å². The molecule has 0 saturated heterocycles. The average Bonchev–Trinajstić information content (AvgIpc) is 2.73. The highest BCUT2D eigenvalue weighted by Crippen LogP contribution is 2.35. The second kappa shape index (κ2) is 10.9. The molecule has 2 aromatic carbocycles. The molecule has 0 spiro atoms. The molecule has 1 aliphatic carbocycles. The van der Waals surface area contributed by atoms with Crippen LogP contribution in [0.15, 0.2) is 36.4 Å². The molecule has 0 atom stereocenters. The van der Waals surface area contributed by atoms with Gasteiger partial charge in [0.2, 0.25) is 5.91 Å². The second-order valence-corrected chi connectivity index (χ2v) is 9.02. The van der Waals surface area contributed by atoms with E-state index in [4.69, 9.17) is 15.6 Å². The zero-order valence-corrected chi connectivity index (χ0v) is 18.8. The number of alkyl halides is 3. The van der Waals surface area contributed by atoms with E-state index in [0.29, 0.717) is 34.7 Å². The van der Waals surface area contributed by atoms with Gasteiger partial charge >= 0.3 is 12.1 Å². The molecule has 34 heavy (non-hydrogen) atoms. The Morgan fingerprint density at radius 3 is 2.15 bits per heavy atom. The maximum Gasteiger partial charge on any atom is 0.490 e. The van der Waals surface area contributed by atoms with Crippen molar-refractivity contribution >= 4 is 11.9 Å². The Balaban J connectivity index is 0.000000509. The average molecular weight is 486 g/mol. The zero-order valence-electron chi connectivity index (χ0n) is 18.8. The molecule has 1 fully saturated rings. The monoisotopic (exact) mass is 486 g/mol. The molecule has 4 N–H and O–H groups in total. The Hall–Kier alpha value is -3.01. The van der Waals surface area contributed by atoms with Gasteiger partial charge in [0.1, 0.15) is 11.6 Å². The van der Waals surface area contributed by atoms with E-state index in [2.05, 4.69) is 19.2 Å². The highest BCUT2D eigenvalue weighted by atomic mass is 19.4. The van der Waals surface area contributed by atoms with Crippen LogP contribution in [-0.2, 0) is 11.3 Å². The first kappa shape index (κ1) is 27.2. The largest absolute Gasteiger partial charge is 0.490 e. The summed E-state index contributed by atoms with van der Waals surface area (Å²) in [6, 6.07) is 9.05. The normalized spacial score (nSPS) is 15.9. The quantitative estimate of drug-likeness (QED) is 0.492. The van der Waals surface area contributed by atoms with Gasteiger partial charge in [-0.3, -0.25) is 4.79 Å². The SMILES string of the molecule is CC1(C)CCC(NCc2ccc(-c3cc(F)cc(C(N)=O)c3)cc2F)CC1.O=C(O)C(F)(F)F. The van der Waals surface area contributed by atoms with Crippen LogP contribution in [0, 0.1) is 17.0 Å². The van der Waals surface area contributed by atoms with E-state index < -0.39 is 23.9 Å². The number of hydrogen-bond acceptors (Lipinski definition) is 3. The van der Waals surface area contributed by atoms with E-state index >= 15 is 0 Å². The molecular formula is C24H27F5N2O3. The summed E-state index contributed by atoms with van der Waals surface area (Å²) in [4.78, 5) is 20.2. The van der Waals surface area contributed by atoms with Gasteiger partial charge in [-0.1, -0.05) is 26.0 Å². The molecule has 0 unspecified atom stereocenters. The van der Waals surface area contributed by atoms with Crippen LogP contribution in [-0.4, -0.2) is 29.2 Å². The van der Waals surface area contributed by atoms with E-state index in [1.54, 1.807) is 12.1 Å². The van der Waals surface area contributed by atoms with Crippen molar-refractivity contribution in [2.45, 2.75) is 58.3 Å². The van der Waals surface area contributed by atoms with Gasteiger partial charge in [0, 0.05) is 23.7 Å². The third-order valence-electron chi connectivity index (χ3n) is 5.73. The summed E-state index contributed by atoms with van der Waals surface area (Å²) in [7, 11) is 0. The summed E-state index contributed by atoms with van der Waals surface area (Å²) >= 11 is 0. The van der Waals surface area contributed by atoms with Gasteiger partial charge in [-0.2, -0.15) is 13.2 Å². The lowest BCUT2D eigenvalue weighted by atomic mass is 9.75. The molecule has 1 amide bonds. The summed E-state index contributed by atoms with van der Waals surface area (Å²) in [5, 5.41) is 10.6. The van der Waals surface area contributed by atoms with Crippen molar-refractivity contribution in [2.75, 3.05) is 0 Å². The molecule has 0 heterocycles. The predicted molar refractivity (Wildman–Crippen MR) is 117 cm³/mol. The summed E-state index contributed by atoms with van der Waals surface area (Å²) < 4.78 is 60.0. The molecule has 0 radical (unpaired) electrons. The lowest BCUT2D eigenvalue weighted by Gasteiger charge is -2.34. The van der Waals surface area contributed by atoms with E-state index in [-0.39, 0.29) is 11.4 Å². The van der Waals surface area contributed by atoms with Crippen LogP contribution in [0.25, 0.3) is 11.1 Å². The summed E-state index contributed by atoms with van der Waals surface area (Å²) in [5.74, 6) is -4.39. The molecule has 1 aliphatic rings. The fourth-order valence-electron chi connectivity index (χ4n) is 3.63. The Morgan fingerprint density at radius 2 is 1.65 bits per heavy atom. The molecule has 0 aromatic heterocycles. The third kappa shape index (κ3) is 8.09. The van der Waals surface area contributed by atoms with Crippen molar-refractivity contribution in [3.05, 3.63) is 59.2 Å². The zero-order chi connectivity index (χ0) is 25.7. The van der Waals surface area contributed by atoms with Gasteiger partial charge in [0.05, 0.1) is 0 Å². The summed E-state index contributed by atoms with van der Waals surface area (Å²) in [5.41, 5.74) is 7.21. The van der Waals surface area contributed by atoms with Gasteiger partial charge < -0.3 is 16.2 Å². The lowest BCUT2D eigenvalue weighted by molar-refractivity contribution is -0.192. The van der Waals surface area contributed by atoms with E-state index in [1.807, 2.05) is 0 Å². The molecule has 2 aromatic rings. The van der Waals surface area contributed by atoms with Crippen LogP contribution in [0.3, 0.4) is 0 Å². The number of hydrogen-bond donors (Lipinski definition) is 3. The molecule has 1 saturated carbocycles. The van der Waals surface area contributed by atoms with Crippen molar-refractivity contribution in [2.24, 2.45) is 11.1 Å². The number of halogens is 5.